The van der Waals surface area contributed by atoms with Gasteiger partial charge in [-0.3, -0.25) is 0 Å². The monoisotopic (exact) mass is 691 g/mol. The van der Waals surface area contributed by atoms with Crippen molar-refractivity contribution in [1.82, 2.24) is 9.97 Å². The normalized spacial score (nSPS) is 12.2. The molecule has 0 aliphatic heterocycles. The summed E-state index contributed by atoms with van der Waals surface area (Å²) in [7, 11) is 0. The summed E-state index contributed by atoms with van der Waals surface area (Å²) < 4.78 is 16.6. The van der Waals surface area contributed by atoms with Crippen LogP contribution in [0.15, 0.2) is 116 Å². The van der Waals surface area contributed by atoms with Crippen molar-refractivity contribution in [2.24, 2.45) is 5.41 Å². The largest absolute Gasteiger partial charge is 0.305 e. The topological polar surface area (TPSA) is 25.8 Å². The van der Waals surface area contributed by atoms with E-state index in [-0.39, 0.29) is 25.5 Å². The second-order valence-electron chi connectivity index (χ2n) is 10.8. The van der Waals surface area contributed by atoms with E-state index in [1.54, 1.807) is 12.3 Å². The van der Waals surface area contributed by atoms with Gasteiger partial charge in [0.05, 0.1) is 0 Å². The van der Waals surface area contributed by atoms with Crippen LogP contribution in [0.3, 0.4) is 0 Å². The Morgan fingerprint density at radius 1 is 0.667 bits per heavy atom. The summed E-state index contributed by atoms with van der Waals surface area (Å²) >= 11 is 0. The van der Waals surface area contributed by atoms with E-state index in [9.17, 15) is 0 Å². The van der Waals surface area contributed by atoms with Crippen LogP contribution in [0.1, 0.15) is 54.1 Å². The molecule has 0 unspecified atom stereocenters. The molecule has 0 saturated carbocycles. The van der Waals surface area contributed by atoms with E-state index < -0.39 is 11.8 Å². The average molecular weight is 691 g/mol. The number of benzene rings is 3. The zero-order chi connectivity index (χ0) is 28.8. The molecule has 5 rings (SSSR count). The quantitative estimate of drug-likeness (QED) is 0.172. The first-order valence-electron chi connectivity index (χ1n) is 13.9. The minimum atomic E-state index is -1.40. The molecule has 5 aromatic rings. The molecule has 0 spiro atoms. The third-order valence-corrected chi connectivity index (χ3v) is 6.24. The van der Waals surface area contributed by atoms with Crippen LogP contribution in [0.5, 0.6) is 0 Å². The van der Waals surface area contributed by atoms with E-state index in [2.05, 4.69) is 84.5 Å². The zero-order valence-electron chi connectivity index (χ0n) is 25.2. The van der Waals surface area contributed by atoms with Gasteiger partial charge in [-0.2, -0.15) is 0 Å². The molecular weight excluding hydrogens is 653 g/mol. The van der Waals surface area contributed by atoms with Gasteiger partial charge in [0, 0.05) is 35.2 Å². The Morgan fingerprint density at radius 3 is 1.97 bits per heavy atom. The molecule has 0 saturated heterocycles. The summed E-state index contributed by atoms with van der Waals surface area (Å²) in [5.74, 6) is 0. The second kappa shape index (κ2) is 13.6. The van der Waals surface area contributed by atoms with Crippen molar-refractivity contribution in [3.63, 3.8) is 0 Å². The van der Waals surface area contributed by atoms with E-state index in [1.807, 2.05) is 75.5 Å². The van der Waals surface area contributed by atoms with Gasteiger partial charge in [0.2, 0.25) is 0 Å². The summed E-state index contributed by atoms with van der Waals surface area (Å²) in [4.78, 5) is 8.68. The van der Waals surface area contributed by atoms with Gasteiger partial charge in [-0.25, -0.2) is 0 Å². The summed E-state index contributed by atoms with van der Waals surface area (Å²) in [6.45, 7) is 10.2. The molecule has 0 atom stereocenters. The van der Waals surface area contributed by atoms with Crippen molar-refractivity contribution < 1.29 is 22.8 Å². The van der Waals surface area contributed by atoms with Crippen LogP contribution in [0.2, 0.25) is 0 Å². The molecule has 201 valence electrons. The van der Waals surface area contributed by atoms with E-state index in [1.165, 1.54) is 11.1 Å². The Bertz CT molecular complexity index is 1500. The van der Waals surface area contributed by atoms with E-state index in [4.69, 9.17) is 2.74 Å². The summed E-state index contributed by atoms with van der Waals surface area (Å²) in [5.41, 5.74) is 6.36. The molecule has 0 aliphatic carbocycles. The van der Waals surface area contributed by atoms with Crippen LogP contribution in [-0.2, 0) is 31.9 Å². The Labute approximate surface area is 250 Å². The standard InChI is InChI=1S/C20H18N.C16H18N.Ir/c1-20(2,17-8-4-3-5-9-17)18-13-11-16(12-14-18)19-10-6-7-15-21-19;1-16(2,3)12-13-9-10-17-15(11-13)14-7-5-4-6-8-14;/h3-11,13-15H,1-2H3;4-7,9-11H,12H2,1-3H3;/q2*-1;/i;12D2;. The summed E-state index contributed by atoms with van der Waals surface area (Å²) in [5, 5.41) is 0. The molecule has 3 heteroatoms. The molecule has 39 heavy (non-hydrogen) atoms. The second-order valence-corrected chi connectivity index (χ2v) is 10.8. The van der Waals surface area contributed by atoms with Crippen molar-refractivity contribution >= 4 is 0 Å². The maximum atomic E-state index is 8.31. The molecule has 0 fully saturated rings. The molecule has 1 radical (unpaired) electrons. The van der Waals surface area contributed by atoms with Gasteiger partial charge in [0.1, 0.15) is 0 Å². The van der Waals surface area contributed by atoms with Crippen LogP contribution in [0.25, 0.3) is 22.5 Å². The predicted molar refractivity (Wildman–Crippen MR) is 159 cm³/mol. The van der Waals surface area contributed by atoms with Gasteiger partial charge in [0.15, 0.2) is 0 Å². The van der Waals surface area contributed by atoms with Gasteiger partial charge in [0.25, 0.3) is 0 Å². The maximum Gasteiger partial charge on any atom is 0.0321 e. The summed E-state index contributed by atoms with van der Waals surface area (Å²) in [6, 6.07) is 40.5. The smallest absolute Gasteiger partial charge is 0.0321 e. The Balaban J connectivity index is 0.000000221. The van der Waals surface area contributed by atoms with Crippen molar-refractivity contribution in [3.8, 4) is 22.5 Å². The fourth-order valence-corrected chi connectivity index (χ4v) is 4.16. The molecule has 2 aromatic heterocycles. The van der Waals surface area contributed by atoms with E-state index in [0.29, 0.717) is 5.56 Å². The SMILES string of the molecule is CC(C)(c1c[c-]c(-c2ccccn2)cc1)c1ccccc1.[2H]C([2H])(c1ccnc(-c2[c-]cccc2)c1)C(C)(C)C.[Ir]. The molecule has 0 amide bonds. The van der Waals surface area contributed by atoms with Gasteiger partial charge in [-0.1, -0.05) is 88.7 Å². The third kappa shape index (κ3) is 8.55. The first-order valence-corrected chi connectivity index (χ1v) is 12.9. The van der Waals surface area contributed by atoms with Crippen LogP contribution >= 0.6 is 0 Å². The van der Waals surface area contributed by atoms with Gasteiger partial charge in [-0.05, 0) is 46.3 Å². The molecule has 0 N–H and O–H groups in total. The average Bonchev–Trinajstić information content (AvgIpc) is 2.98. The van der Waals surface area contributed by atoms with E-state index >= 15 is 0 Å². The number of hydrogen-bond acceptors (Lipinski definition) is 2. The van der Waals surface area contributed by atoms with Crippen molar-refractivity contribution in [1.29, 1.82) is 0 Å². The molecular formula is C36H36IrN2-2. The first-order chi connectivity index (χ1) is 19.0. The first kappa shape index (κ1) is 27.2. The molecule has 2 heterocycles. The number of aromatic nitrogens is 2. The molecule has 0 aliphatic rings. The van der Waals surface area contributed by atoms with Crippen molar-refractivity contribution in [2.45, 2.75) is 46.4 Å². The van der Waals surface area contributed by atoms with Crippen molar-refractivity contribution in [3.05, 3.63) is 144 Å². The fourth-order valence-electron chi connectivity index (χ4n) is 4.16. The Hall–Kier alpha value is -3.39. The fraction of sp³-hybridized carbons (Fsp3) is 0.222. The van der Waals surface area contributed by atoms with Gasteiger partial charge < -0.3 is 9.97 Å². The minimum absolute atomic E-state index is 0. The van der Waals surface area contributed by atoms with Crippen molar-refractivity contribution in [2.75, 3.05) is 0 Å². The maximum absolute atomic E-state index is 8.31. The zero-order valence-corrected chi connectivity index (χ0v) is 25.6. The van der Waals surface area contributed by atoms with Gasteiger partial charge >= 0.3 is 0 Å². The number of rotatable bonds is 5. The Kier molecular flexibility index (Phi) is 9.48. The van der Waals surface area contributed by atoms with Crippen LogP contribution in [0, 0.1) is 17.5 Å². The minimum Gasteiger partial charge on any atom is -0.305 e. The molecule has 3 aromatic carbocycles. The summed E-state index contributed by atoms with van der Waals surface area (Å²) in [6.07, 6.45) is 2.07. The molecule has 2 nitrogen and oxygen atoms in total. The van der Waals surface area contributed by atoms with Gasteiger partial charge in [-0.15, -0.1) is 71.3 Å². The number of nitrogens with zero attached hydrogens (tertiary/aromatic N) is 2. The van der Waals surface area contributed by atoms with Crippen LogP contribution in [-0.4, -0.2) is 9.97 Å². The number of hydrogen-bond donors (Lipinski definition) is 0. The predicted octanol–water partition coefficient (Wildman–Crippen LogP) is 9.01. The Morgan fingerprint density at radius 2 is 1.36 bits per heavy atom. The third-order valence-electron chi connectivity index (χ3n) is 6.24. The molecule has 0 bridgehead atoms. The number of pyridine rings is 2. The van der Waals surface area contributed by atoms with Crippen LogP contribution < -0.4 is 0 Å². The van der Waals surface area contributed by atoms with E-state index in [0.717, 1.165) is 22.5 Å². The van der Waals surface area contributed by atoms with Crippen LogP contribution in [0.4, 0.5) is 0 Å².